The summed E-state index contributed by atoms with van der Waals surface area (Å²) in [5, 5.41) is 0.883. The van der Waals surface area contributed by atoms with Gasteiger partial charge in [-0.25, -0.2) is 4.85 Å². The van der Waals surface area contributed by atoms with Crippen LogP contribution >= 0.6 is 50.7 Å². The van der Waals surface area contributed by atoms with E-state index in [0.717, 1.165) is 0 Å². The first-order valence-electron chi connectivity index (χ1n) is 2.78. The van der Waals surface area contributed by atoms with Crippen LogP contribution in [0.3, 0.4) is 0 Å². The molecular weight excluding hydrogens is 284 g/mol. The molecule has 12 heavy (non-hydrogen) atoms. The Kier molecular flexibility index (Phi) is 3.25. The Bertz CT molecular complexity index is 370. The molecule has 1 aromatic rings. The molecule has 1 aromatic carbocycles. The van der Waals surface area contributed by atoms with Gasteiger partial charge in [0.05, 0.1) is 21.1 Å². The van der Waals surface area contributed by atoms with E-state index in [9.17, 15) is 0 Å². The monoisotopic (exact) mass is 283 g/mol. The number of nitrogens with zero attached hydrogens (tertiary/aromatic N) is 1. The molecule has 0 spiro atoms. The topological polar surface area (TPSA) is 4.36 Å². The molecule has 0 amide bonds. The molecule has 1 nitrogen and oxygen atoms in total. The van der Waals surface area contributed by atoms with E-state index < -0.39 is 0 Å². The Labute approximate surface area is 93.2 Å². The standard InChI is InChI=1S/C7HBrCl3N/c1-12-4-2-3(9)5(8)7(11)6(4)10/h2H. The molecule has 0 N–H and O–H groups in total. The summed E-state index contributed by atoms with van der Waals surface area (Å²) in [7, 11) is 0. The molecule has 0 saturated carbocycles. The third kappa shape index (κ3) is 1.70. The molecule has 0 unspecified atom stereocenters. The van der Waals surface area contributed by atoms with Gasteiger partial charge in [0.1, 0.15) is 0 Å². The fourth-order valence-corrected chi connectivity index (χ4v) is 1.70. The van der Waals surface area contributed by atoms with Crippen molar-refractivity contribution in [2.45, 2.75) is 0 Å². The Balaban J connectivity index is 3.52. The van der Waals surface area contributed by atoms with E-state index in [1.54, 1.807) is 0 Å². The Morgan fingerprint density at radius 1 is 1.25 bits per heavy atom. The van der Waals surface area contributed by atoms with Gasteiger partial charge in [-0.1, -0.05) is 34.8 Å². The molecular formula is C7HBrCl3N. The van der Waals surface area contributed by atoms with Crippen molar-refractivity contribution < 1.29 is 0 Å². The van der Waals surface area contributed by atoms with Crippen LogP contribution in [0.5, 0.6) is 0 Å². The predicted octanol–water partition coefficient (Wildman–Crippen LogP) is 4.96. The van der Waals surface area contributed by atoms with Crippen LogP contribution in [-0.2, 0) is 0 Å². The smallest absolute Gasteiger partial charge is 0.208 e. The first kappa shape index (κ1) is 10.1. The molecule has 0 aliphatic rings. The fourth-order valence-electron chi connectivity index (χ4n) is 0.642. The SMILES string of the molecule is [C-]#[N+]c1cc(Cl)c(Br)c(Cl)c1Cl. The van der Waals surface area contributed by atoms with Gasteiger partial charge in [0.15, 0.2) is 0 Å². The highest BCUT2D eigenvalue weighted by atomic mass is 79.9. The Morgan fingerprint density at radius 3 is 2.33 bits per heavy atom. The summed E-state index contributed by atoms with van der Waals surface area (Å²) in [6, 6.07) is 1.47. The minimum atomic E-state index is 0.225. The van der Waals surface area contributed by atoms with Crippen molar-refractivity contribution in [1.82, 2.24) is 0 Å². The van der Waals surface area contributed by atoms with Crippen molar-refractivity contribution >= 4 is 56.4 Å². The lowest BCUT2D eigenvalue weighted by Crippen LogP contribution is -1.74. The lowest BCUT2D eigenvalue weighted by Gasteiger charge is -2.02. The van der Waals surface area contributed by atoms with Crippen LogP contribution in [0.2, 0.25) is 15.1 Å². The molecule has 5 heteroatoms. The second-order valence-corrected chi connectivity index (χ2v) is 3.89. The number of halogens is 4. The fraction of sp³-hybridized carbons (Fsp3) is 0. The quantitative estimate of drug-likeness (QED) is 0.360. The van der Waals surface area contributed by atoms with Gasteiger partial charge in [0.25, 0.3) is 0 Å². The minimum Gasteiger partial charge on any atom is -0.236 e. The van der Waals surface area contributed by atoms with Gasteiger partial charge in [-0.05, 0) is 22.0 Å². The summed E-state index contributed by atoms with van der Waals surface area (Å²) in [6.07, 6.45) is 0. The Hall–Kier alpha value is 0.0600. The van der Waals surface area contributed by atoms with Gasteiger partial charge < -0.3 is 0 Å². The molecule has 0 heterocycles. The van der Waals surface area contributed by atoms with Gasteiger partial charge >= 0.3 is 0 Å². The van der Waals surface area contributed by atoms with Crippen LogP contribution < -0.4 is 0 Å². The van der Waals surface area contributed by atoms with Crippen LogP contribution in [-0.4, -0.2) is 0 Å². The van der Waals surface area contributed by atoms with Crippen LogP contribution in [0.25, 0.3) is 4.85 Å². The van der Waals surface area contributed by atoms with E-state index in [0.29, 0.717) is 9.50 Å². The highest BCUT2D eigenvalue weighted by Crippen LogP contribution is 2.41. The zero-order valence-electron chi connectivity index (χ0n) is 5.54. The van der Waals surface area contributed by atoms with Crippen molar-refractivity contribution in [3.63, 3.8) is 0 Å². The third-order valence-electron chi connectivity index (χ3n) is 1.20. The molecule has 62 valence electrons. The highest BCUT2D eigenvalue weighted by molar-refractivity contribution is 9.10. The Morgan fingerprint density at radius 2 is 1.83 bits per heavy atom. The normalized spacial score (nSPS) is 9.58. The molecule has 0 saturated heterocycles. The van der Waals surface area contributed by atoms with Crippen molar-refractivity contribution in [3.05, 3.63) is 37.0 Å². The van der Waals surface area contributed by atoms with E-state index in [-0.39, 0.29) is 15.7 Å². The lowest BCUT2D eigenvalue weighted by atomic mass is 10.3. The van der Waals surface area contributed by atoms with Gasteiger partial charge in [-0.3, -0.25) is 0 Å². The first-order valence-corrected chi connectivity index (χ1v) is 4.71. The van der Waals surface area contributed by atoms with E-state index in [1.165, 1.54) is 6.07 Å². The molecule has 0 atom stereocenters. The lowest BCUT2D eigenvalue weighted by molar-refractivity contribution is 1.65. The third-order valence-corrected chi connectivity index (χ3v) is 3.64. The zero-order chi connectivity index (χ0) is 9.30. The summed E-state index contributed by atoms with van der Waals surface area (Å²) < 4.78 is 0.517. The van der Waals surface area contributed by atoms with Crippen molar-refractivity contribution in [2.24, 2.45) is 0 Å². The zero-order valence-corrected chi connectivity index (χ0v) is 9.39. The molecule has 0 aliphatic heterocycles. The minimum absolute atomic E-state index is 0.225. The number of benzene rings is 1. The van der Waals surface area contributed by atoms with Gasteiger partial charge in [0.2, 0.25) is 5.69 Å². The predicted molar refractivity (Wildman–Crippen MR) is 55.4 cm³/mol. The molecule has 0 fully saturated rings. The summed E-state index contributed by atoms with van der Waals surface area (Å²) in [5.41, 5.74) is 0.259. The van der Waals surface area contributed by atoms with Crippen molar-refractivity contribution in [3.8, 4) is 0 Å². The van der Waals surface area contributed by atoms with Crippen LogP contribution in [0.15, 0.2) is 10.5 Å². The number of hydrogen-bond acceptors (Lipinski definition) is 0. The average molecular weight is 285 g/mol. The van der Waals surface area contributed by atoms with E-state index in [4.69, 9.17) is 41.4 Å². The number of hydrogen-bond donors (Lipinski definition) is 0. The maximum atomic E-state index is 6.76. The van der Waals surface area contributed by atoms with Crippen LogP contribution in [0, 0.1) is 6.57 Å². The summed E-state index contributed by atoms with van der Waals surface area (Å²) in [6.45, 7) is 6.76. The molecule has 0 aromatic heterocycles. The van der Waals surface area contributed by atoms with Gasteiger partial charge in [-0.15, -0.1) is 0 Å². The van der Waals surface area contributed by atoms with Gasteiger partial charge in [-0.2, -0.15) is 0 Å². The van der Waals surface area contributed by atoms with Crippen LogP contribution in [0.4, 0.5) is 5.69 Å². The van der Waals surface area contributed by atoms with E-state index in [1.807, 2.05) is 0 Å². The second kappa shape index (κ2) is 3.85. The number of rotatable bonds is 0. The average Bonchev–Trinajstić information content (AvgIpc) is 2.08. The summed E-state index contributed by atoms with van der Waals surface area (Å²) >= 11 is 20.4. The molecule has 0 bridgehead atoms. The maximum absolute atomic E-state index is 6.76. The van der Waals surface area contributed by atoms with E-state index >= 15 is 0 Å². The summed E-state index contributed by atoms with van der Waals surface area (Å²) in [5.74, 6) is 0. The molecule has 0 radical (unpaired) electrons. The second-order valence-electron chi connectivity index (χ2n) is 1.93. The molecule has 0 aliphatic carbocycles. The molecule has 1 rings (SSSR count). The maximum Gasteiger partial charge on any atom is 0.208 e. The van der Waals surface area contributed by atoms with Gasteiger partial charge in [0, 0.05) is 5.02 Å². The van der Waals surface area contributed by atoms with Crippen LogP contribution in [0.1, 0.15) is 0 Å². The summed E-state index contributed by atoms with van der Waals surface area (Å²) in [4.78, 5) is 3.16. The van der Waals surface area contributed by atoms with E-state index in [2.05, 4.69) is 20.8 Å². The van der Waals surface area contributed by atoms with Crippen molar-refractivity contribution in [1.29, 1.82) is 0 Å². The largest absolute Gasteiger partial charge is 0.236 e. The van der Waals surface area contributed by atoms with Crippen molar-refractivity contribution in [2.75, 3.05) is 0 Å². The first-order chi connectivity index (χ1) is 5.57. The highest BCUT2D eigenvalue weighted by Gasteiger charge is 2.11.